The molecule has 0 saturated carbocycles. The normalized spacial score (nSPS) is 11.4. The number of benzene rings is 3. The Balaban J connectivity index is 1.56. The predicted octanol–water partition coefficient (Wildman–Crippen LogP) is 5.46. The second-order valence-electron chi connectivity index (χ2n) is 6.59. The second-order valence-corrected chi connectivity index (χ2v) is 8.42. The monoisotopic (exact) mass is 554 g/mol. The van der Waals surface area contributed by atoms with Gasteiger partial charge in [0.25, 0.3) is 0 Å². The molecule has 4 N–H and O–H groups in total. The van der Waals surface area contributed by atoms with Gasteiger partial charge in [0, 0.05) is 30.8 Å². The van der Waals surface area contributed by atoms with Crippen molar-refractivity contribution < 1.29 is 10.2 Å². The van der Waals surface area contributed by atoms with Gasteiger partial charge in [-0.05, 0) is 36.4 Å². The lowest BCUT2D eigenvalue weighted by Gasteiger charge is -2.08. The maximum absolute atomic E-state index is 9.93. The van der Waals surface area contributed by atoms with Gasteiger partial charge < -0.3 is 10.2 Å². The molecular formula is C22H16Br2N6O2. The minimum atomic E-state index is 0.114. The van der Waals surface area contributed by atoms with E-state index in [9.17, 15) is 10.2 Å². The van der Waals surface area contributed by atoms with E-state index < -0.39 is 0 Å². The Kier molecular flexibility index (Phi) is 6.62. The molecule has 0 saturated heterocycles. The summed E-state index contributed by atoms with van der Waals surface area (Å²) in [6.45, 7) is 0. The Hall–Kier alpha value is -3.50. The maximum atomic E-state index is 9.93. The Bertz CT molecular complexity index is 1240. The van der Waals surface area contributed by atoms with Gasteiger partial charge in [0.2, 0.25) is 0 Å². The Morgan fingerprint density at radius 2 is 1.12 bits per heavy atom. The number of anilines is 2. The first kappa shape index (κ1) is 21.7. The highest BCUT2D eigenvalue weighted by molar-refractivity contribution is 9.10. The number of nitrogens with zero attached hydrogens (tertiary/aromatic N) is 4. The van der Waals surface area contributed by atoms with Crippen molar-refractivity contribution >= 4 is 66.7 Å². The number of hydrazone groups is 2. The van der Waals surface area contributed by atoms with Gasteiger partial charge in [-0.1, -0.05) is 56.1 Å². The van der Waals surface area contributed by atoms with Crippen LogP contribution in [0.3, 0.4) is 0 Å². The summed E-state index contributed by atoms with van der Waals surface area (Å²) in [6, 6.07) is 17.7. The van der Waals surface area contributed by atoms with Crippen molar-refractivity contribution in [3.63, 3.8) is 0 Å². The molecule has 0 atom stereocenters. The van der Waals surface area contributed by atoms with Gasteiger partial charge in [0.15, 0.2) is 11.6 Å². The van der Waals surface area contributed by atoms with Crippen LogP contribution in [0.4, 0.5) is 11.6 Å². The zero-order chi connectivity index (χ0) is 22.5. The molecule has 0 aliphatic heterocycles. The van der Waals surface area contributed by atoms with Crippen molar-refractivity contribution in [2.75, 3.05) is 10.9 Å². The van der Waals surface area contributed by atoms with Crippen LogP contribution in [0.1, 0.15) is 11.1 Å². The van der Waals surface area contributed by atoms with Gasteiger partial charge in [-0.25, -0.2) is 0 Å². The summed E-state index contributed by atoms with van der Waals surface area (Å²) in [7, 11) is 0. The Labute approximate surface area is 200 Å². The minimum absolute atomic E-state index is 0.114. The fourth-order valence-corrected chi connectivity index (χ4v) is 3.61. The molecule has 0 bridgehead atoms. The number of halogens is 2. The lowest BCUT2D eigenvalue weighted by Crippen LogP contribution is -2.01. The van der Waals surface area contributed by atoms with Gasteiger partial charge in [-0.15, -0.1) is 10.2 Å². The van der Waals surface area contributed by atoms with Crippen LogP contribution in [0.25, 0.3) is 10.8 Å². The molecule has 0 radical (unpaired) electrons. The van der Waals surface area contributed by atoms with E-state index in [0.29, 0.717) is 22.8 Å². The van der Waals surface area contributed by atoms with Gasteiger partial charge >= 0.3 is 0 Å². The zero-order valence-electron chi connectivity index (χ0n) is 16.4. The molecule has 0 fully saturated rings. The summed E-state index contributed by atoms with van der Waals surface area (Å²) in [4.78, 5) is 0. The van der Waals surface area contributed by atoms with E-state index in [1.807, 2.05) is 24.3 Å². The van der Waals surface area contributed by atoms with E-state index in [-0.39, 0.29) is 11.5 Å². The summed E-state index contributed by atoms with van der Waals surface area (Å²) in [5.74, 6) is 1.13. The van der Waals surface area contributed by atoms with E-state index in [1.54, 1.807) is 36.4 Å². The summed E-state index contributed by atoms with van der Waals surface area (Å²) in [5, 5.41) is 38.2. The average molecular weight is 556 g/mol. The number of aromatic hydroxyl groups is 2. The molecule has 0 aliphatic rings. The summed E-state index contributed by atoms with van der Waals surface area (Å²) < 4.78 is 1.66. The SMILES string of the molecule is Oc1ccc(Br)cc1/C=N\Nc1nnc(N/N=C/c2cc(Br)ccc2O)c2ccccc12. The second kappa shape index (κ2) is 9.75. The van der Waals surface area contributed by atoms with E-state index in [4.69, 9.17) is 0 Å². The molecule has 1 heterocycles. The quantitative estimate of drug-likeness (QED) is 0.185. The highest BCUT2D eigenvalue weighted by Crippen LogP contribution is 2.26. The zero-order valence-corrected chi connectivity index (χ0v) is 19.5. The lowest BCUT2D eigenvalue weighted by atomic mass is 10.2. The molecule has 0 unspecified atom stereocenters. The van der Waals surface area contributed by atoms with Crippen LogP contribution in [-0.4, -0.2) is 32.8 Å². The number of rotatable bonds is 6. The third kappa shape index (κ3) is 5.04. The van der Waals surface area contributed by atoms with Gasteiger partial charge in [-0.3, -0.25) is 10.9 Å². The van der Waals surface area contributed by atoms with Crippen molar-refractivity contribution in [2.24, 2.45) is 10.2 Å². The number of nitrogens with one attached hydrogen (secondary N) is 2. The molecule has 1 aromatic heterocycles. The molecule has 32 heavy (non-hydrogen) atoms. The molecule has 0 amide bonds. The van der Waals surface area contributed by atoms with Crippen molar-refractivity contribution in [1.82, 2.24) is 10.2 Å². The third-order valence-corrected chi connectivity index (χ3v) is 5.40. The van der Waals surface area contributed by atoms with Crippen LogP contribution >= 0.6 is 31.9 Å². The maximum Gasteiger partial charge on any atom is 0.176 e. The van der Waals surface area contributed by atoms with E-state index in [2.05, 4.69) is 63.1 Å². The molecule has 3 aromatic carbocycles. The fraction of sp³-hybridized carbons (Fsp3) is 0. The number of phenolic OH excluding ortho intramolecular Hbond substituents is 2. The van der Waals surface area contributed by atoms with Crippen LogP contribution in [0.5, 0.6) is 11.5 Å². The molecule has 8 nitrogen and oxygen atoms in total. The minimum Gasteiger partial charge on any atom is -0.507 e. The molecule has 160 valence electrons. The Morgan fingerprint density at radius 3 is 1.56 bits per heavy atom. The third-order valence-electron chi connectivity index (χ3n) is 4.41. The fourth-order valence-electron chi connectivity index (χ4n) is 2.85. The van der Waals surface area contributed by atoms with Crippen LogP contribution in [0.2, 0.25) is 0 Å². The largest absolute Gasteiger partial charge is 0.507 e. The molecule has 4 rings (SSSR count). The molecule has 0 spiro atoms. The molecule has 0 aliphatic carbocycles. The first-order valence-electron chi connectivity index (χ1n) is 9.32. The van der Waals surface area contributed by atoms with Crippen LogP contribution in [0, 0.1) is 0 Å². The summed E-state index contributed by atoms with van der Waals surface area (Å²) in [6.07, 6.45) is 2.99. The summed E-state index contributed by atoms with van der Waals surface area (Å²) >= 11 is 6.73. The van der Waals surface area contributed by atoms with Crippen molar-refractivity contribution in [3.05, 3.63) is 80.7 Å². The van der Waals surface area contributed by atoms with Crippen molar-refractivity contribution in [2.45, 2.75) is 0 Å². The Morgan fingerprint density at radius 1 is 0.688 bits per heavy atom. The first-order valence-corrected chi connectivity index (χ1v) is 10.9. The van der Waals surface area contributed by atoms with E-state index >= 15 is 0 Å². The number of hydrogen-bond donors (Lipinski definition) is 4. The van der Waals surface area contributed by atoms with Crippen LogP contribution < -0.4 is 10.9 Å². The smallest absolute Gasteiger partial charge is 0.176 e. The molecule has 10 heteroatoms. The van der Waals surface area contributed by atoms with Crippen molar-refractivity contribution in [3.8, 4) is 11.5 Å². The van der Waals surface area contributed by atoms with Crippen LogP contribution in [0.15, 0.2) is 79.8 Å². The van der Waals surface area contributed by atoms with E-state index in [1.165, 1.54) is 12.4 Å². The van der Waals surface area contributed by atoms with Gasteiger partial charge in [-0.2, -0.15) is 10.2 Å². The summed E-state index contributed by atoms with van der Waals surface area (Å²) in [5.41, 5.74) is 6.84. The van der Waals surface area contributed by atoms with Crippen molar-refractivity contribution in [1.29, 1.82) is 0 Å². The topological polar surface area (TPSA) is 115 Å². The highest BCUT2D eigenvalue weighted by Gasteiger charge is 2.08. The average Bonchev–Trinajstić information content (AvgIpc) is 2.79. The van der Waals surface area contributed by atoms with Gasteiger partial charge in [0.05, 0.1) is 12.4 Å². The number of hydrogen-bond acceptors (Lipinski definition) is 8. The number of aromatic nitrogens is 2. The molecule has 4 aromatic rings. The first-order chi connectivity index (χ1) is 15.5. The van der Waals surface area contributed by atoms with E-state index in [0.717, 1.165) is 19.7 Å². The number of fused-ring (bicyclic) bond motifs is 1. The lowest BCUT2D eigenvalue weighted by molar-refractivity contribution is 0.474. The molecular weight excluding hydrogens is 540 g/mol. The standard InChI is InChI=1S/C22H16Br2N6O2/c23-15-5-7-19(31)13(9-15)11-25-27-21-17-3-1-2-4-18(17)22(30-29-21)28-26-12-14-10-16(24)6-8-20(14)32/h1-12,31-32H,(H,27,29)(H,28,30)/b25-11-,26-12+. The van der Waals surface area contributed by atoms with Crippen LogP contribution in [-0.2, 0) is 0 Å². The number of phenols is 2. The predicted molar refractivity (Wildman–Crippen MR) is 134 cm³/mol. The highest BCUT2D eigenvalue weighted by atomic mass is 79.9. The van der Waals surface area contributed by atoms with Gasteiger partial charge in [0.1, 0.15) is 11.5 Å².